The zero-order valence-electron chi connectivity index (χ0n) is 15.0. The lowest BCUT2D eigenvalue weighted by Gasteiger charge is -2.13. The molecule has 3 N–H and O–H groups in total. The van der Waals surface area contributed by atoms with Crippen LogP contribution >= 0.6 is 0 Å². The summed E-state index contributed by atoms with van der Waals surface area (Å²) >= 11 is 0. The van der Waals surface area contributed by atoms with E-state index in [4.69, 9.17) is 15.2 Å². The van der Waals surface area contributed by atoms with Gasteiger partial charge < -0.3 is 25.3 Å². The van der Waals surface area contributed by atoms with Crippen LogP contribution in [0.5, 0.6) is 17.2 Å². The molecule has 0 unspecified atom stereocenters. The molecule has 0 fully saturated rings. The normalized spacial score (nSPS) is 14.3. The Morgan fingerprint density at radius 3 is 2.64 bits per heavy atom. The summed E-state index contributed by atoms with van der Waals surface area (Å²) in [7, 11) is 0. The summed E-state index contributed by atoms with van der Waals surface area (Å²) in [5, 5.41) is 2.93. The summed E-state index contributed by atoms with van der Waals surface area (Å²) in [6.07, 6.45) is -3.69. The molecule has 0 amide bonds. The third kappa shape index (κ3) is 5.70. The van der Waals surface area contributed by atoms with Crippen molar-refractivity contribution in [3.63, 3.8) is 0 Å². The predicted molar refractivity (Wildman–Crippen MR) is 99.0 cm³/mol. The number of aliphatic imine (C=N–C) groups is 1. The molecule has 0 saturated carbocycles. The second kappa shape index (κ2) is 8.73. The standard InChI is InChI=1S/C19H20F3N3O3/c20-19(21,22)28-15-5-2-1-4-13(15)8-9-24-18(23)25-14-6-7-16-17(12-14)27-11-3-10-26-16/h1-2,4-7,12H,3,8-11H2,(H3,23,24,25). The number of ether oxygens (including phenoxy) is 3. The fourth-order valence-corrected chi connectivity index (χ4v) is 2.66. The van der Waals surface area contributed by atoms with E-state index in [1.54, 1.807) is 30.3 Å². The molecular weight excluding hydrogens is 375 g/mol. The van der Waals surface area contributed by atoms with E-state index in [9.17, 15) is 13.2 Å². The van der Waals surface area contributed by atoms with Crippen molar-refractivity contribution in [1.29, 1.82) is 0 Å². The number of hydrogen-bond donors (Lipinski definition) is 2. The van der Waals surface area contributed by atoms with Gasteiger partial charge in [-0.1, -0.05) is 18.2 Å². The Morgan fingerprint density at radius 1 is 1.11 bits per heavy atom. The average molecular weight is 395 g/mol. The van der Waals surface area contributed by atoms with Crippen LogP contribution in [0.25, 0.3) is 0 Å². The van der Waals surface area contributed by atoms with E-state index < -0.39 is 6.36 Å². The van der Waals surface area contributed by atoms with Crippen LogP contribution < -0.4 is 25.3 Å². The highest BCUT2D eigenvalue weighted by molar-refractivity contribution is 5.92. The maximum atomic E-state index is 12.5. The number of anilines is 1. The lowest BCUT2D eigenvalue weighted by Crippen LogP contribution is -2.23. The first-order chi connectivity index (χ1) is 13.4. The van der Waals surface area contributed by atoms with E-state index >= 15 is 0 Å². The summed E-state index contributed by atoms with van der Waals surface area (Å²) in [6.45, 7) is 1.37. The summed E-state index contributed by atoms with van der Waals surface area (Å²) in [4.78, 5) is 4.16. The molecule has 2 aromatic rings. The third-order valence-electron chi connectivity index (χ3n) is 3.88. The molecule has 0 atom stereocenters. The molecule has 6 nitrogen and oxygen atoms in total. The van der Waals surface area contributed by atoms with E-state index in [0.717, 1.165) is 6.42 Å². The minimum absolute atomic E-state index is 0.142. The quantitative estimate of drug-likeness (QED) is 0.596. The van der Waals surface area contributed by atoms with Gasteiger partial charge in [-0.15, -0.1) is 13.2 Å². The molecular formula is C19H20F3N3O3. The van der Waals surface area contributed by atoms with Gasteiger partial charge in [0.25, 0.3) is 0 Å². The molecule has 150 valence electrons. The summed E-state index contributed by atoms with van der Waals surface area (Å²) in [5.74, 6) is 1.19. The van der Waals surface area contributed by atoms with Crippen LogP contribution in [0.4, 0.5) is 18.9 Å². The van der Waals surface area contributed by atoms with Gasteiger partial charge in [-0.05, 0) is 30.2 Å². The number of para-hydroxylation sites is 1. The Morgan fingerprint density at radius 2 is 1.86 bits per heavy atom. The smallest absolute Gasteiger partial charge is 0.490 e. The number of alkyl halides is 3. The highest BCUT2D eigenvalue weighted by Gasteiger charge is 2.31. The van der Waals surface area contributed by atoms with E-state index in [2.05, 4.69) is 15.0 Å². The van der Waals surface area contributed by atoms with Gasteiger partial charge in [0.1, 0.15) is 5.75 Å². The average Bonchev–Trinajstić information content (AvgIpc) is 2.87. The summed E-state index contributed by atoms with van der Waals surface area (Å²) < 4.78 is 52.6. The monoisotopic (exact) mass is 395 g/mol. The Labute approximate surface area is 160 Å². The predicted octanol–water partition coefficient (Wildman–Crippen LogP) is 3.72. The van der Waals surface area contributed by atoms with Crippen LogP contribution in [0.15, 0.2) is 47.5 Å². The number of nitrogens with two attached hydrogens (primary N) is 1. The maximum Gasteiger partial charge on any atom is 0.573 e. The van der Waals surface area contributed by atoms with Gasteiger partial charge in [0.05, 0.1) is 13.2 Å². The lowest BCUT2D eigenvalue weighted by atomic mass is 10.1. The lowest BCUT2D eigenvalue weighted by molar-refractivity contribution is -0.274. The van der Waals surface area contributed by atoms with E-state index in [1.807, 2.05) is 0 Å². The molecule has 0 radical (unpaired) electrons. The third-order valence-corrected chi connectivity index (χ3v) is 3.88. The molecule has 0 bridgehead atoms. The Bertz CT molecular complexity index is 841. The van der Waals surface area contributed by atoms with Gasteiger partial charge in [-0.2, -0.15) is 0 Å². The van der Waals surface area contributed by atoms with Gasteiger partial charge in [-0.3, -0.25) is 4.99 Å². The second-order valence-corrected chi connectivity index (χ2v) is 6.01. The first kappa shape index (κ1) is 19.7. The summed E-state index contributed by atoms with van der Waals surface area (Å²) in [6, 6.07) is 11.3. The van der Waals surface area contributed by atoms with Crippen LogP contribution in [-0.4, -0.2) is 32.1 Å². The van der Waals surface area contributed by atoms with Crippen molar-refractivity contribution < 1.29 is 27.4 Å². The fourth-order valence-electron chi connectivity index (χ4n) is 2.66. The number of hydrogen-bond acceptors (Lipinski definition) is 4. The number of fused-ring (bicyclic) bond motifs is 1. The van der Waals surface area contributed by atoms with E-state index in [-0.39, 0.29) is 24.7 Å². The van der Waals surface area contributed by atoms with Crippen molar-refractivity contribution in [3.05, 3.63) is 48.0 Å². The van der Waals surface area contributed by atoms with Crippen LogP contribution in [0.2, 0.25) is 0 Å². The molecule has 1 aliphatic rings. The van der Waals surface area contributed by atoms with Crippen molar-refractivity contribution in [2.75, 3.05) is 25.1 Å². The topological polar surface area (TPSA) is 78.1 Å². The van der Waals surface area contributed by atoms with Crippen molar-refractivity contribution in [2.24, 2.45) is 10.7 Å². The Balaban J connectivity index is 1.59. The van der Waals surface area contributed by atoms with Crippen molar-refractivity contribution in [2.45, 2.75) is 19.2 Å². The van der Waals surface area contributed by atoms with Gasteiger partial charge in [0.15, 0.2) is 17.5 Å². The highest BCUT2D eigenvalue weighted by Crippen LogP contribution is 2.32. The molecule has 3 rings (SSSR count). The molecule has 0 aliphatic carbocycles. The van der Waals surface area contributed by atoms with E-state index in [0.29, 0.717) is 36.0 Å². The summed E-state index contributed by atoms with van der Waals surface area (Å²) in [5.41, 5.74) is 6.94. The number of benzene rings is 2. The Hall–Kier alpha value is -3.10. The molecule has 1 heterocycles. The maximum absolute atomic E-state index is 12.5. The van der Waals surface area contributed by atoms with Gasteiger partial charge in [0, 0.05) is 24.7 Å². The zero-order chi connectivity index (χ0) is 20.0. The van der Waals surface area contributed by atoms with Crippen LogP contribution in [0.3, 0.4) is 0 Å². The van der Waals surface area contributed by atoms with Crippen LogP contribution in [0, 0.1) is 0 Å². The fraction of sp³-hybridized carbons (Fsp3) is 0.316. The van der Waals surface area contributed by atoms with Crippen molar-refractivity contribution in [1.82, 2.24) is 0 Å². The van der Waals surface area contributed by atoms with Crippen LogP contribution in [0.1, 0.15) is 12.0 Å². The van der Waals surface area contributed by atoms with E-state index in [1.165, 1.54) is 12.1 Å². The van der Waals surface area contributed by atoms with Crippen molar-refractivity contribution in [3.8, 4) is 17.2 Å². The number of halogens is 3. The molecule has 0 aromatic heterocycles. The van der Waals surface area contributed by atoms with Crippen LogP contribution in [-0.2, 0) is 6.42 Å². The van der Waals surface area contributed by atoms with Gasteiger partial charge >= 0.3 is 6.36 Å². The molecule has 0 spiro atoms. The molecule has 0 saturated heterocycles. The number of nitrogens with zero attached hydrogens (tertiary/aromatic N) is 1. The molecule has 2 aromatic carbocycles. The van der Waals surface area contributed by atoms with Gasteiger partial charge in [-0.25, -0.2) is 0 Å². The van der Waals surface area contributed by atoms with Gasteiger partial charge in [0.2, 0.25) is 0 Å². The zero-order valence-corrected chi connectivity index (χ0v) is 15.0. The number of nitrogens with one attached hydrogen (secondary N) is 1. The minimum atomic E-state index is -4.74. The molecule has 9 heteroatoms. The minimum Gasteiger partial charge on any atom is -0.490 e. The van der Waals surface area contributed by atoms with Crippen molar-refractivity contribution >= 4 is 11.6 Å². The second-order valence-electron chi connectivity index (χ2n) is 6.01. The first-order valence-electron chi connectivity index (χ1n) is 8.71. The SMILES string of the molecule is NC(=NCCc1ccccc1OC(F)(F)F)Nc1ccc2c(c1)OCCCO2. The number of rotatable bonds is 5. The largest absolute Gasteiger partial charge is 0.573 e. The molecule has 28 heavy (non-hydrogen) atoms. The Kier molecular flexibility index (Phi) is 6.13. The number of guanidine groups is 1. The highest BCUT2D eigenvalue weighted by atomic mass is 19.4. The molecule has 1 aliphatic heterocycles. The first-order valence-corrected chi connectivity index (χ1v) is 8.71.